The molecule has 0 aromatic heterocycles. The lowest BCUT2D eigenvalue weighted by Crippen LogP contribution is -2.35. The minimum absolute atomic E-state index is 0.119. The molecule has 0 saturated carbocycles. The number of nitrogens with one attached hydrogen (secondary N) is 1. The van der Waals surface area contributed by atoms with E-state index in [1.54, 1.807) is 13.8 Å². The maximum Gasteiger partial charge on any atom is 0.229 e. The Kier molecular flexibility index (Phi) is 5.09. The standard InChI is InChI=1S/C7H13N5O2/c1-4(2)5(7(13)9-3)6(11-14)10-12-8/h4-5,14H,1-3H3,(H,9,13). The number of amides is 1. The fraction of sp³-hybridized carbons (Fsp3) is 0.714. The van der Waals surface area contributed by atoms with Gasteiger partial charge in [0.2, 0.25) is 5.91 Å². The zero-order valence-electron chi connectivity index (χ0n) is 8.30. The Labute approximate surface area is 81.4 Å². The molecule has 0 radical (unpaired) electrons. The molecule has 78 valence electrons. The minimum Gasteiger partial charge on any atom is -0.411 e. The fourth-order valence-corrected chi connectivity index (χ4v) is 1.06. The van der Waals surface area contributed by atoms with Crippen LogP contribution in [0.4, 0.5) is 0 Å². The first-order valence-electron chi connectivity index (χ1n) is 4.07. The number of hydrogen-bond donors (Lipinski definition) is 2. The fourth-order valence-electron chi connectivity index (χ4n) is 1.06. The van der Waals surface area contributed by atoms with Crippen molar-refractivity contribution in [2.75, 3.05) is 7.05 Å². The molecule has 0 aliphatic heterocycles. The lowest BCUT2D eigenvalue weighted by molar-refractivity contribution is -0.123. The minimum atomic E-state index is -0.735. The van der Waals surface area contributed by atoms with E-state index in [9.17, 15) is 4.79 Å². The second kappa shape index (κ2) is 5.82. The molecule has 7 nitrogen and oxygen atoms in total. The first-order chi connectivity index (χ1) is 6.58. The number of rotatable bonds is 3. The van der Waals surface area contributed by atoms with E-state index >= 15 is 0 Å². The molecule has 1 unspecified atom stereocenters. The average Bonchev–Trinajstić information content (AvgIpc) is 2.16. The second-order valence-electron chi connectivity index (χ2n) is 2.98. The third-order valence-electron chi connectivity index (χ3n) is 1.72. The van der Waals surface area contributed by atoms with Crippen LogP contribution in [-0.4, -0.2) is 24.0 Å². The third-order valence-corrected chi connectivity index (χ3v) is 1.72. The molecule has 0 aliphatic carbocycles. The van der Waals surface area contributed by atoms with E-state index in [2.05, 4.69) is 20.5 Å². The molecular weight excluding hydrogens is 186 g/mol. The van der Waals surface area contributed by atoms with Crippen LogP contribution >= 0.6 is 0 Å². The molecule has 0 saturated heterocycles. The van der Waals surface area contributed by atoms with Crippen molar-refractivity contribution in [3.63, 3.8) is 0 Å². The molecule has 1 atom stereocenters. The van der Waals surface area contributed by atoms with Gasteiger partial charge in [0.1, 0.15) is 0 Å². The van der Waals surface area contributed by atoms with Gasteiger partial charge in [-0.3, -0.25) is 4.79 Å². The van der Waals surface area contributed by atoms with Crippen molar-refractivity contribution in [3.8, 4) is 0 Å². The van der Waals surface area contributed by atoms with Crippen molar-refractivity contribution in [2.45, 2.75) is 13.8 Å². The Hall–Kier alpha value is -1.75. The van der Waals surface area contributed by atoms with Crippen LogP contribution in [0.1, 0.15) is 13.8 Å². The van der Waals surface area contributed by atoms with Gasteiger partial charge in [0.15, 0.2) is 5.84 Å². The summed E-state index contributed by atoms with van der Waals surface area (Å²) in [5.41, 5.74) is 8.19. The Morgan fingerprint density at radius 3 is 2.43 bits per heavy atom. The topological polar surface area (TPSA) is 110 Å². The molecule has 1 amide bonds. The van der Waals surface area contributed by atoms with Crippen LogP contribution in [0.3, 0.4) is 0 Å². The molecule has 0 rings (SSSR count). The van der Waals surface area contributed by atoms with Crippen molar-refractivity contribution in [3.05, 3.63) is 10.4 Å². The monoisotopic (exact) mass is 199 g/mol. The predicted molar refractivity (Wildman–Crippen MR) is 50.8 cm³/mol. The lowest BCUT2D eigenvalue weighted by Gasteiger charge is -2.16. The van der Waals surface area contributed by atoms with Crippen molar-refractivity contribution in [2.24, 2.45) is 22.1 Å². The second-order valence-corrected chi connectivity index (χ2v) is 2.98. The van der Waals surface area contributed by atoms with E-state index in [0.29, 0.717) is 0 Å². The summed E-state index contributed by atoms with van der Waals surface area (Å²) in [6, 6.07) is 0. The van der Waals surface area contributed by atoms with Gasteiger partial charge in [-0.1, -0.05) is 19.0 Å². The van der Waals surface area contributed by atoms with Crippen LogP contribution in [0.25, 0.3) is 10.4 Å². The zero-order chi connectivity index (χ0) is 11.1. The Morgan fingerprint density at radius 1 is 1.57 bits per heavy atom. The summed E-state index contributed by atoms with van der Waals surface area (Å²) in [5.74, 6) is -1.42. The van der Waals surface area contributed by atoms with Gasteiger partial charge >= 0.3 is 0 Å². The van der Waals surface area contributed by atoms with Crippen molar-refractivity contribution in [1.29, 1.82) is 0 Å². The highest BCUT2D eigenvalue weighted by Gasteiger charge is 2.26. The third kappa shape index (κ3) is 2.95. The van der Waals surface area contributed by atoms with E-state index in [-0.39, 0.29) is 17.7 Å². The lowest BCUT2D eigenvalue weighted by atomic mass is 9.94. The summed E-state index contributed by atoms with van der Waals surface area (Å²) in [5, 5.41) is 16.9. The van der Waals surface area contributed by atoms with Gasteiger partial charge in [-0.25, -0.2) is 0 Å². The van der Waals surface area contributed by atoms with Crippen molar-refractivity contribution >= 4 is 11.7 Å². The molecule has 7 heteroatoms. The SMILES string of the molecule is CNC(=O)C(C(N=[N+]=[N-])=NO)C(C)C. The number of amidine groups is 1. The van der Waals surface area contributed by atoms with Crippen molar-refractivity contribution < 1.29 is 10.0 Å². The highest BCUT2D eigenvalue weighted by atomic mass is 16.4. The summed E-state index contributed by atoms with van der Waals surface area (Å²) < 4.78 is 0. The van der Waals surface area contributed by atoms with Gasteiger partial charge in [0.25, 0.3) is 0 Å². The molecular formula is C7H13N5O2. The number of carbonyl (C=O) groups is 1. The van der Waals surface area contributed by atoms with E-state index in [4.69, 9.17) is 10.7 Å². The van der Waals surface area contributed by atoms with Gasteiger partial charge in [0.05, 0.1) is 5.92 Å². The van der Waals surface area contributed by atoms with Gasteiger partial charge in [-0.2, -0.15) is 0 Å². The molecule has 0 aromatic carbocycles. The summed E-state index contributed by atoms with van der Waals surface area (Å²) in [4.78, 5) is 13.8. The molecule has 0 aliphatic rings. The highest BCUT2D eigenvalue weighted by molar-refractivity contribution is 6.03. The summed E-state index contributed by atoms with van der Waals surface area (Å²) in [7, 11) is 1.46. The average molecular weight is 199 g/mol. The molecule has 0 aromatic rings. The number of hydrogen-bond acceptors (Lipinski definition) is 3. The largest absolute Gasteiger partial charge is 0.411 e. The quantitative estimate of drug-likeness (QED) is 0.135. The molecule has 14 heavy (non-hydrogen) atoms. The van der Waals surface area contributed by atoms with E-state index < -0.39 is 5.92 Å². The Morgan fingerprint density at radius 2 is 2.14 bits per heavy atom. The number of azide groups is 1. The van der Waals surface area contributed by atoms with Crippen LogP contribution in [0.15, 0.2) is 10.3 Å². The molecule has 0 fully saturated rings. The van der Waals surface area contributed by atoms with Crippen LogP contribution < -0.4 is 5.32 Å². The number of nitrogens with zero attached hydrogens (tertiary/aromatic N) is 4. The molecule has 2 N–H and O–H groups in total. The first kappa shape index (κ1) is 12.2. The molecule has 0 spiro atoms. The van der Waals surface area contributed by atoms with Gasteiger partial charge in [0, 0.05) is 12.0 Å². The molecule has 0 heterocycles. The van der Waals surface area contributed by atoms with Crippen LogP contribution in [0.5, 0.6) is 0 Å². The summed E-state index contributed by atoms with van der Waals surface area (Å²) in [6.45, 7) is 3.52. The Bertz CT molecular complexity index is 280. The normalized spacial score (nSPS) is 13.3. The summed E-state index contributed by atoms with van der Waals surface area (Å²) >= 11 is 0. The maximum atomic E-state index is 11.3. The van der Waals surface area contributed by atoms with Crippen LogP contribution in [0, 0.1) is 11.8 Å². The number of oxime groups is 1. The molecule has 0 bridgehead atoms. The first-order valence-corrected chi connectivity index (χ1v) is 4.07. The summed E-state index contributed by atoms with van der Waals surface area (Å²) in [6.07, 6.45) is 0. The van der Waals surface area contributed by atoms with Crippen molar-refractivity contribution in [1.82, 2.24) is 5.32 Å². The Balaban J connectivity index is 4.98. The highest BCUT2D eigenvalue weighted by Crippen LogP contribution is 2.14. The van der Waals surface area contributed by atoms with E-state index in [1.807, 2.05) is 0 Å². The van der Waals surface area contributed by atoms with E-state index in [1.165, 1.54) is 7.05 Å². The van der Waals surface area contributed by atoms with Gasteiger partial charge in [-0.05, 0) is 16.6 Å². The number of carbonyl (C=O) groups excluding carboxylic acids is 1. The predicted octanol–water partition coefficient (Wildman–Crippen LogP) is 1.10. The smallest absolute Gasteiger partial charge is 0.229 e. The van der Waals surface area contributed by atoms with Gasteiger partial charge < -0.3 is 10.5 Å². The van der Waals surface area contributed by atoms with Crippen LogP contribution in [0.2, 0.25) is 0 Å². The maximum absolute atomic E-state index is 11.3. The van der Waals surface area contributed by atoms with Crippen LogP contribution in [-0.2, 0) is 4.79 Å². The van der Waals surface area contributed by atoms with Gasteiger partial charge in [-0.15, -0.1) is 0 Å². The zero-order valence-corrected chi connectivity index (χ0v) is 8.30. The van der Waals surface area contributed by atoms with E-state index in [0.717, 1.165) is 0 Å².